The summed E-state index contributed by atoms with van der Waals surface area (Å²) in [6.45, 7) is 0. The Morgan fingerprint density at radius 3 is 2.07 bits per heavy atom. The highest BCUT2D eigenvalue weighted by atomic mass is 32.2. The van der Waals surface area contributed by atoms with Crippen LogP contribution in [0.1, 0.15) is 0 Å². The molecular weight excluding hydrogens is 233 g/mol. The van der Waals surface area contributed by atoms with Crippen LogP contribution in [0.3, 0.4) is 0 Å². The smallest absolute Gasteiger partial charge is 0.361 e. The lowest BCUT2D eigenvalue weighted by Gasteiger charge is -1.99. The normalized spacial score (nSPS) is 10.9. The molecule has 8 heteroatoms. The molecule has 0 N–H and O–H groups in total. The molecule has 0 bridgehead atoms. The highest BCUT2D eigenvalue weighted by molar-refractivity contribution is 8.04. The fourth-order valence-electron chi connectivity index (χ4n) is 0.916. The quantitative estimate of drug-likeness (QED) is 0.254. The van der Waals surface area contributed by atoms with Gasteiger partial charge in [0, 0.05) is 12.1 Å². The lowest BCUT2D eigenvalue weighted by Crippen LogP contribution is -2.09. The molecule has 0 spiro atoms. The number of hydrogen-bond acceptors (Lipinski definition) is 2. The molecular formula is C7H3F3N2O2S. The maximum absolute atomic E-state index is 12.9. The lowest BCUT2D eigenvalue weighted by atomic mass is 10.3. The lowest BCUT2D eigenvalue weighted by molar-refractivity contribution is 0.00750. The zero-order valence-electron chi connectivity index (χ0n) is 6.99. The third kappa shape index (κ3) is 2.23. The van der Waals surface area contributed by atoms with E-state index in [9.17, 15) is 21.6 Å². The van der Waals surface area contributed by atoms with E-state index in [2.05, 4.69) is 4.79 Å². The second-order valence-electron chi connectivity index (χ2n) is 2.46. The van der Waals surface area contributed by atoms with Crippen LogP contribution >= 0.6 is 0 Å². The largest absolute Gasteiger partial charge is 0.375 e. The first-order valence-electron chi connectivity index (χ1n) is 3.45. The maximum Gasteiger partial charge on any atom is 0.375 e. The Bertz CT molecular complexity index is 526. The fraction of sp³-hybridized carbons (Fsp3) is 0. The van der Waals surface area contributed by atoms with Crippen LogP contribution < -0.4 is 0 Å². The van der Waals surface area contributed by atoms with E-state index >= 15 is 0 Å². The van der Waals surface area contributed by atoms with E-state index in [1.807, 2.05) is 0 Å². The zero-order valence-corrected chi connectivity index (χ0v) is 7.80. The first-order valence-corrected chi connectivity index (χ1v) is 5.00. The highest BCUT2D eigenvalue weighted by Gasteiger charge is 2.26. The fourth-order valence-corrected chi connectivity index (χ4v) is 1.81. The Morgan fingerprint density at radius 2 is 1.67 bits per heavy atom. The summed E-state index contributed by atoms with van der Waals surface area (Å²) >= 11 is 0. The van der Waals surface area contributed by atoms with Gasteiger partial charge >= 0.3 is 5.55 Å². The van der Waals surface area contributed by atoms with Crippen molar-refractivity contribution in [3.63, 3.8) is 0 Å². The van der Waals surface area contributed by atoms with Crippen LogP contribution in [-0.4, -0.2) is 18.8 Å². The van der Waals surface area contributed by atoms with Gasteiger partial charge in [0.15, 0.2) is 0 Å². The monoisotopic (exact) mass is 236 g/mol. The topological polar surface area (TPSA) is 70.5 Å². The van der Waals surface area contributed by atoms with Crippen molar-refractivity contribution in [1.82, 2.24) is 0 Å². The summed E-state index contributed by atoms with van der Waals surface area (Å²) in [5.41, 5.74) is 7.92. The van der Waals surface area contributed by atoms with E-state index in [1.54, 1.807) is 0 Å². The van der Waals surface area contributed by atoms with Gasteiger partial charge in [0.25, 0.3) is 9.84 Å². The van der Waals surface area contributed by atoms with E-state index in [1.165, 1.54) is 0 Å². The maximum atomic E-state index is 12.9. The molecule has 0 saturated carbocycles. The molecule has 1 aromatic rings. The van der Waals surface area contributed by atoms with Crippen LogP contribution in [0.2, 0.25) is 0 Å². The molecule has 1 rings (SSSR count). The summed E-state index contributed by atoms with van der Waals surface area (Å²) in [5.74, 6) is -4.43. The third-order valence-electron chi connectivity index (χ3n) is 1.43. The summed E-state index contributed by atoms with van der Waals surface area (Å²) in [6.07, 6.45) is 0. The van der Waals surface area contributed by atoms with E-state index in [0.29, 0.717) is 0 Å². The van der Waals surface area contributed by atoms with Crippen molar-refractivity contribution >= 4 is 15.4 Å². The number of sulfone groups is 1. The molecule has 4 nitrogen and oxygen atoms in total. The number of halogens is 3. The standard InChI is InChI=1S/C7H3F3N2O2S/c8-4-1-5(9)7(6(10)2-4)15(13,14)3-12-11/h1-3H. The van der Waals surface area contributed by atoms with Crippen LogP contribution in [-0.2, 0) is 9.84 Å². The first kappa shape index (κ1) is 11.4. The van der Waals surface area contributed by atoms with Crippen LogP contribution in [0.25, 0.3) is 5.53 Å². The van der Waals surface area contributed by atoms with Crippen molar-refractivity contribution in [2.24, 2.45) is 0 Å². The molecule has 0 amide bonds. The highest BCUT2D eigenvalue weighted by Crippen LogP contribution is 2.19. The van der Waals surface area contributed by atoms with Gasteiger partial charge in [-0.25, -0.2) is 21.6 Å². The first-order chi connectivity index (χ1) is 6.88. The minimum atomic E-state index is -4.55. The molecule has 0 aliphatic rings. The number of hydrogen-bond donors (Lipinski definition) is 0. The van der Waals surface area contributed by atoms with Gasteiger partial charge in [-0.15, -0.1) is 0 Å². The van der Waals surface area contributed by atoms with Crippen molar-refractivity contribution in [2.75, 3.05) is 0 Å². The molecule has 0 atom stereocenters. The average molecular weight is 236 g/mol. The van der Waals surface area contributed by atoms with Crippen molar-refractivity contribution in [1.29, 1.82) is 0 Å². The van der Waals surface area contributed by atoms with E-state index in [4.69, 9.17) is 5.53 Å². The minimum absolute atomic E-state index is 0.0492. The van der Waals surface area contributed by atoms with Crippen LogP contribution in [0.15, 0.2) is 17.0 Å². The predicted octanol–water partition coefficient (Wildman–Crippen LogP) is 1.14. The van der Waals surface area contributed by atoms with Crippen molar-refractivity contribution in [3.8, 4) is 0 Å². The van der Waals surface area contributed by atoms with Crippen LogP contribution in [0.5, 0.6) is 0 Å². The minimum Gasteiger partial charge on any atom is -0.361 e. The summed E-state index contributed by atoms with van der Waals surface area (Å²) < 4.78 is 60.4. The van der Waals surface area contributed by atoms with Crippen molar-refractivity contribution in [3.05, 3.63) is 35.1 Å². The Morgan fingerprint density at radius 1 is 1.20 bits per heavy atom. The third-order valence-corrected chi connectivity index (χ3v) is 2.76. The molecule has 0 unspecified atom stereocenters. The number of nitrogens with zero attached hydrogens (tertiary/aromatic N) is 2. The number of rotatable bonds is 2. The van der Waals surface area contributed by atoms with Crippen molar-refractivity contribution < 1.29 is 26.4 Å². The Kier molecular flexibility index (Phi) is 2.92. The molecule has 80 valence electrons. The molecule has 0 heterocycles. The van der Waals surface area contributed by atoms with Gasteiger partial charge in [-0.1, -0.05) is 0 Å². The van der Waals surface area contributed by atoms with Gasteiger partial charge in [0.1, 0.15) is 22.3 Å². The van der Waals surface area contributed by atoms with Gasteiger partial charge in [-0.05, 0) is 0 Å². The summed E-state index contributed by atoms with van der Waals surface area (Å²) in [6, 6.07) is 0.419. The van der Waals surface area contributed by atoms with Gasteiger partial charge < -0.3 is 5.53 Å². The number of benzene rings is 1. The molecule has 0 fully saturated rings. The van der Waals surface area contributed by atoms with Gasteiger partial charge in [0.2, 0.25) is 0 Å². The Balaban J connectivity index is 3.59. The average Bonchev–Trinajstić information content (AvgIpc) is 1.99. The van der Waals surface area contributed by atoms with E-state index < -0.39 is 32.2 Å². The summed E-state index contributed by atoms with van der Waals surface area (Å²) in [7, 11) is -4.55. The Hall–Kier alpha value is -1.66. The Labute approximate surface area is 82.5 Å². The second-order valence-corrected chi connectivity index (χ2v) is 4.17. The van der Waals surface area contributed by atoms with Crippen LogP contribution in [0, 0.1) is 17.5 Å². The summed E-state index contributed by atoms with van der Waals surface area (Å²) in [5, 5.41) is 0. The zero-order chi connectivity index (χ0) is 11.6. The molecule has 0 saturated heterocycles. The molecule has 0 radical (unpaired) electrons. The SMILES string of the molecule is [N-]=[N+]=CS(=O)(=O)c1c(F)cc(F)cc1F. The van der Waals surface area contributed by atoms with E-state index in [0.717, 1.165) is 0 Å². The van der Waals surface area contributed by atoms with Crippen molar-refractivity contribution in [2.45, 2.75) is 4.90 Å². The predicted molar refractivity (Wildman–Crippen MR) is 43.2 cm³/mol. The van der Waals surface area contributed by atoms with E-state index in [-0.39, 0.29) is 17.7 Å². The molecule has 0 aliphatic heterocycles. The van der Waals surface area contributed by atoms with Crippen LogP contribution in [0.4, 0.5) is 13.2 Å². The van der Waals surface area contributed by atoms with Gasteiger partial charge in [0.05, 0.1) is 0 Å². The molecule has 0 aromatic heterocycles. The summed E-state index contributed by atoms with van der Waals surface area (Å²) in [4.78, 5) is 0.789. The molecule has 1 aromatic carbocycles. The molecule has 15 heavy (non-hydrogen) atoms. The van der Waals surface area contributed by atoms with Gasteiger partial charge in [-0.3, -0.25) is 0 Å². The molecule has 0 aliphatic carbocycles. The van der Waals surface area contributed by atoms with Gasteiger partial charge in [-0.2, -0.15) is 4.79 Å². The second kappa shape index (κ2) is 3.84.